The van der Waals surface area contributed by atoms with Crippen molar-refractivity contribution >= 4 is 5.97 Å². The standard InChI is InChI=1S/C14H20N2O3/c1-19-14(18)13-7-4-5-11(15-13)9-16-8-3-2-6-12(16)10-17/h4-5,7,12,17H,2-3,6,8-10H2,1H3. The molecule has 0 spiro atoms. The van der Waals surface area contributed by atoms with Crippen molar-refractivity contribution in [2.24, 2.45) is 0 Å². The van der Waals surface area contributed by atoms with Gasteiger partial charge in [-0.25, -0.2) is 9.78 Å². The summed E-state index contributed by atoms with van der Waals surface area (Å²) in [5, 5.41) is 9.38. The molecule has 1 aliphatic rings. The molecule has 1 N–H and O–H groups in total. The number of rotatable bonds is 4. The van der Waals surface area contributed by atoms with Crippen LogP contribution in [0.15, 0.2) is 18.2 Å². The van der Waals surface area contributed by atoms with Crippen LogP contribution in [0.25, 0.3) is 0 Å². The van der Waals surface area contributed by atoms with E-state index in [1.807, 2.05) is 12.1 Å². The minimum atomic E-state index is -0.417. The van der Waals surface area contributed by atoms with E-state index in [0.29, 0.717) is 12.2 Å². The molecule has 2 heterocycles. The molecule has 1 aromatic heterocycles. The first-order valence-corrected chi connectivity index (χ1v) is 6.63. The van der Waals surface area contributed by atoms with Crippen LogP contribution < -0.4 is 0 Å². The van der Waals surface area contributed by atoms with Crippen LogP contribution in [-0.4, -0.2) is 47.3 Å². The van der Waals surface area contributed by atoms with Crippen LogP contribution in [0.3, 0.4) is 0 Å². The summed E-state index contributed by atoms with van der Waals surface area (Å²) in [5.41, 5.74) is 1.17. The summed E-state index contributed by atoms with van der Waals surface area (Å²) < 4.78 is 4.67. The maximum atomic E-state index is 11.4. The van der Waals surface area contributed by atoms with E-state index in [4.69, 9.17) is 0 Å². The van der Waals surface area contributed by atoms with Gasteiger partial charge in [0.25, 0.3) is 0 Å². The molecule has 1 unspecified atom stereocenters. The van der Waals surface area contributed by atoms with Crippen LogP contribution in [0, 0.1) is 0 Å². The van der Waals surface area contributed by atoms with Crippen molar-refractivity contribution in [3.63, 3.8) is 0 Å². The Morgan fingerprint density at radius 1 is 1.53 bits per heavy atom. The number of methoxy groups -OCH3 is 1. The second-order valence-corrected chi connectivity index (χ2v) is 4.81. The number of pyridine rings is 1. The number of aromatic nitrogens is 1. The summed E-state index contributed by atoms with van der Waals surface area (Å²) in [6.45, 7) is 1.81. The molecule has 0 saturated carbocycles. The van der Waals surface area contributed by atoms with Crippen molar-refractivity contribution in [1.29, 1.82) is 0 Å². The summed E-state index contributed by atoms with van der Waals surface area (Å²) in [6, 6.07) is 5.56. The van der Waals surface area contributed by atoms with E-state index in [1.165, 1.54) is 7.11 Å². The SMILES string of the molecule is COC(=O)c1cccc(CN2CCCCC2CO)n1. The van der Waals surface area contributed by atoms with Gasteiger partial charge >= 0.3 is 5.97 Å². The van der Waals surface area contributed by atoms with Crippen LogP contribution in [-0.2, 0) is 11.3 Å². The number of hydrogen-bond acceptors (Lipinski definition) is 5. The second-order valence-electron chi connectivity index (χ2n) is 4.81. The van der Waals surface area contributed by atoms with E-state index in [9.17, 15) is 9.90 Å². The molecule has 2 rings (SSSR count). The molecule has 0 radical (unpaired) electrons. The van der Waals surface area contributed by atoms with Crippen LogP contribution in [0.2, 0.25) is 0 Å². The van der Waals surface area contributed by atoms with E-state index >= 15 is 0 Å². The van der Waals surface area contributed by atoms with E-state index in [-0.39, 0.29) is 12.6 Å². The van der Waals surface area contributed by atoms with Crippen LogP contribution >= 0.6 is 0 Å². The predicted octanol–water partition coefficient (Wildman–Crippen LogP) is 1.21. The van der Waals surface area contributed by atoms with Crippen molar-refractivity contribution in [1.82, 2.24) is 9.88 Å². The smallest absolute Gasteiger partial charge is 0.356 e. The summed E-state index contributed by atoms with van der Waals surface area (Å²) in [7, 11) is 1.35. The Bertz CT molecular complexity index is 436. The van der Waals surface area contributed by atoms with Crippen molar-refractivity contribution < 1.29 is 14.6 Å². The van der Waals surface area contributed by atoms with Gasteiger partial charge in [0, 0.05) is 12.6 Å². The topological polar surface area (TPSA) is 62.7 Å². The number of piperidine rings is 1. The number of ether oxygens (including phenoxy) is 1. The molecule has 104 valence electrons. The number of carbonyl (C=O) groups excluding carboxylic acids is 1. The summed E-state index contributed by atoms with van der Waals surface area (Å²) in [4.78, 5) is 18.0. The molecule has 1 aliphatic heterocycles. The van der Waals surface area contributed by atoms with Gasteiger partial charge in [-0.15, -0.1) is 0 Å². The monoisotopic (exact) mass is 264 g/mol. The molecule has 1 atom stereocenters. The number of nitrogens with zero attached hydrogens (tertiary/aromatic N) is 2. The molecule has 1 fully saturated rings. The highest BCUT2D eigenvalue weighted by molar-refractivity contribution is 5.87. The van der Waals surface area contributed by atoms with Crippen molar-refractivity contribution in [3.8, 4) is 0 Å². The van der Waals surface area contributed by atoms with Crippen molar-refractivity contribution in [2.45, 2.75) is 31.8 Å². The van der Waals surface area contributed by atoms with E-state index in [2.05, 4.69) is 14.6 Å². The summed E-state index contributed by atoms with van der Waals surface area (Å²) in [5.74, 6) is -0.417. The van der Waals surface area contributed by atoms with Gasteiger partial charge in [0.1, 0.15) is 5.69 Å². The van der Waals surface area contributed by atoms with Crippen LogP contribution in [0.5, 0.6) is 0 Å². The van der Waals surface area contributed by atoms with Crippen molar-refractivity contribution in [3.05, 3.63) is 29.6 Å². The Morgan fingerprint density at radius 2 is 2.37 bits per heavy atom. The van der Waals surface area contributed by atoms with Gasteiger partial charge in [0.15, 0.2) is 0 Å². The molecule has 0 bridgehead atoms. The van der Waals surface area contributed by atoms with Gasteiger partial charge in [-0.3, -0.25) is 4.90 Å². The fourth-order valence-corrected chi connectivity index (χ4v) is 2.47. The Hall–Kier alpha value is -1.46. The zero-order chi connectivity index (χ0) is 13.7. The Kier molecular flexibility index (Phi) is 4.87. The normalized spacial score (nSPS) is 20.2. The number of carbonyl (C=O) groups is 1. The Labute approximate surface area is 113 Å². The molecule has 5 nitrogen and oxygen atoms in total. The lowest BCUT2D eigenvalue weighted by atomic mass is 10.0. The first-order chi connectivity index (χ1) is 9.24. The molecule has 5 heteroatoms. The third-order valence-corrected chi connectivity index (χ3v) is 3.53. The number of aliphatic hydroxyl groups is 1. The minimum absolute atomic E-state index is 0.177. The fraction of sp³-hybridized carbons (Fsp3) is 0.571. The number of esters is 1. The zero-order valence-corrected chi connectivity index (χ0v) is 11.2. The van der Waals surface area contributed by atoms with Gasteiger partial charge in [0.05, 0.1) is 19.4 Å². The van der Waals surface area contributed by atoms with Gasteiger partial charge in [-0.2, -0.15) is 0 Å². The molecule has 0 aromatic carbocycles. The van der Waals surface area contributed by atoms with E-state index < -0.39 is 5.97 Å². The molecule has 0 aliphatic carbocycles. The zero-order valence-electron chi connectivity index (χ0n) is 11.2. The summed E-state index contributed by atoms with van der Waals surface area (Å²) >= 11 is 0. The molecule has 19 heavy (non-hydrogen) atoms. The minimum Gasteiger partial charge on any atom is -0.464 e. The molecule has 1 aromatic rings. The third-order valence-electron chi connectivity index (χ3n) is 3.53. The Morgan fingerprint density at radius 3 is 3.11 bits per heavy atom. The third kappa shape index (κ3) is 3.52. The largest absolute Gasteiger partial charge is 0.464 e. The number of likely N-dealkylation sites (tertiary alicyclic amines) is 1. The molecular weight excluding hydrogens is 244 g/mol. The van der Waals surface area contributed by atoms with Gasteiger partial charge in [-0.1, -0.05) is 12.5 Å². The quantitative estimate of drug-likeness (QED) is 0.828. The van der Waals surface area contributed by atoms with Crippen LogP contribution in [0.4, 0.5) is 0 Å². The van der Waals surface area contributed by atoms with E-state index in [0.717, 1.165) is 31.5 Å². The van der Waals surface area contributed by atoms with Crippen LogP contribution in [0.1, 0.15) is 35.4 Å². The highest BCUT2D eigenvalue weighted by Gasteiger charge is 2.22. The highest BCUT2D eigenvalue weighted by atomic mass is 16.5. The number of hydrogen-bond donors (Lipinski definition) is 1. The lowest BCUT2D eigenvalue weighted by Gasteiger charge is -2.34. The predicted molar refractivity (Wildman–Crippen MR) is 70.7 cm³/mol. The highest BCUT2D eigenvalue weighted by Crippen LogP contribution is 2.18. The van der Waals surface area contributed by atoms with Gasteiger partial charge in [0.2, 0.25) is 0 Å². The fourth-order valence-electron chi connectivity index (χ4n) is 2.47. The molecular formula is C14H20N2O3. The Balaban J connectivity index is 2.07. The molecule has 0 amide bonds. The van der Waals surface area contributed by atoms with Gasteiger partial charge < -0.3 is 9.84 Å². The average Bonchev–Trinajstić information content (AvgIpc) is 2.47. The second kappa shape index (κ2) is 6.63. The first-order valence-electron chi connectivity index (χ1n) is 6.63. The summed E-state index contributed by atoms with van der Waals surface area (Å²) in [6.07, 6.45) is 3.33. The van der Waals surface area contributed by atoms with Gasteiger partial charge in [-0.05, 0) is 31.5 Å². The maximum Gasteiger partial charge on any atom is 0.356 e. The average molecular weight is 264 g/mol. The van der Waals surface area contributed by atoms with Crippen molar-refractivity contribution in [2.75, 3.05) is 20.3 Å². The molecule has 1 saturated heterocycles. The lowest BCUT2D eigenvalue weighted by molar-refractivity contribution is 0.0591. The number of aliphatic hydroxyl groups excluding tert-OH is 1. The van der Waals surface area contributed by atoms with E-state index in [1.54, 1.807) is 6.07 Å². The maximum absolute atomic E-state index is 11.4. The lowest BCUT2D eigenvalue weighted by Crippen LogP contribution is -2.41. The first kappa shape index (κ1) is 14.0.